The Morgan fingerprint density at radius 1 is 0.347 bits per heavy atom. The lowest BCUT2D eigenvalue weighted by molar-refractivity contribution is 0.799. The maximum absolute atomic E-state index is 5.39. The van der Waals surface area contributed by atoms with E-state index in [1.165, 1.54) is 93.2 Å². The minimum atomic E-state index is -0.594. The molecule has 15 rings (SSSR count). The van der Waals surface area contributed by atoms with Gasteiger partial charge in [-0.25, -0.2) is 0 Å². The Kier molecular flexibility index (Phi) is 8.58. The van der Waals surface area contributed by atoms with Crippen LogP contribution in [0.3, 0.4) is 0 Å². The number of aromatic nitrogens is 2. The second-order valence-corrected chi connectivity index (χ2v) is 19.4. The van der Waals surface area contributed by atoms with Crippen LogP contribution in [0, 0.1) is 0 Å². The molecule has 2 aliphatic rings. The third kappa shape index (κ3) is 5.73. The molecule has 13 aromatic rings. The highest BCUT2D eigenvalue weighted by atomic mass is 15.1. The number of anilines is 3. The van der Waals surface area contributed by atoms with Crippen LogP contribution in [-0.4, -0.2) is 9.97 Å². The monoisotopic (exact) mass is 913 g/mol. The summed E-state index contributed by atoms with van der Waals surface area (Å²) in [6, 6.07) is 78.7. The fourth-order valence-corrected chi connectivity index (χ4v) is 12.4. The van der Waals surface area contributed by atoms with Crippen LogP contribution < -0.4 is 4.90 Å². The quantitative estimate of drug-likeness (QED) is 0.156. The van der Waals surface area contributed by atoms with Gasteiger partial charge in [-0.2, -0.15) is 0 Å². The van der Waals surface area contributed by atoms with Crippen molar-refractivity contribution in [3.05, 3.63) is 271 Å². The molecule has 0 radical (unpaired) electrons. The second kappa shape index (κ2) is 15.3. The van der Waals surface area contributed by atoms with Crippen LogP contribution in [0.25, 0.3) is 110 Å². The van der Waals surface area contributed by atoms with Crippen molar-refractivity contribution in [2.75, 3.05) is 4.90 Å². The molecule has 72 heavy (non-hydrogen) atoms. The number of benzene rings is 11. The van der Waals surface area contributed by atoms with E-state index in [1.807, 2.05) is 18.3 Å². The van der Waals surface area contributed by atoms with Crippen LogP contribution in [-0.2, 0) is 5.41 Å². The van der Waals surface area contributed by atoms with Gasteiger partial charge in [0.05, 0.1) is 28.3 Å². The van der Waals surface area contributed by atoms with Gasteiger partial charge in [-0.15, -0.1) is 0 Å². The molecule has 3 heteroatoms. The van der Waals surface area contributed by atoms with Crippen molar-refractivity contribution in [1.29, 1.82) is 0 Å². The SMILES string of the molecule is C=Cc1ccc(N(c2ccc(C=C)cc2)c2cnc3c(ccc4cc(-c5c6c(cc7ccccc57)C5(c7cc8ccccc8cc7-c7cc8ccccc8cc75)c5cc7ccccc7cc5-6)cnc43)c2)cc1. The van der Waals surface area contributed by atoms with Crippen LogP contribution in [0.15, 0.2) is 238 Å². The van der Waals surface area contributed by atoms with Crippen molar-refractivity contribution in [3.8, 4) is 33.4 Å². The summed E-state index contributed by atoms with van der Waals surface area (Å²) in [6.07, 6.45) is 7.81. The van der Waals surface area contributed by atoms with Gasteiger partial charge >= 0.3 is 0 Å². The summed E-state index contributed by atoms with van der Waals surface area (Å²) in [6.45, 7) is 7.95. The zero-order chi connectivity index (χ0) is 47.7. The number of hydrogen-bond acceptors (Lipinski definition) is 3. The van der Waals surface area contributed by atoms with E-state index in [4.69, 9.17) is 9.97 Å². The average Bonchev–Trinajstić information content (AvgIpc) is 3.88. The first-order valence-electron chi connectivity index (χ1n) is 24.7. The number of rotatable bonds is 6. The molecule has 0 N–H and O–H groups in total. The summed E-state index contributed by atoms with van der Waals surface area (Å²) in [5, 5.41) is 11.9. The van der Waals surface area contributed by atoms with Crippen molar-refractivity contribution < 1.29 is 0 Å². The van der Waals surface area contributed by atoms with E-state index in [-0.39, 0.29) is 0 Å². The van der Waals surface area contributed by atoms with E-state index in [9.17, 15) is 0 Å². The normalized spacial score (nSPS) is 12.9. The number of pyridine rings is 2. The first kappa shape index (κ1) is 40.4. The highest BCUT2D eigenvalue weighted by Crippen LogP contribution is 2.66. The summed E-state index contributed by atoms with van der Waals surface area (Å²) in [5.41, 5.74) is 19.0. The number of fused-ring (bicyclic) bond motifs is 17. The average molecular weight is 914 g/mol. The highest BCUT2D eigenvalue weighted by Gasteiger charge is 2.53. The highest BCUT2D eigenvalue weighted by molar-refractivity contribution is 6.14. The first-order chi connectivity index (χ1) is 35.5. The maximum Gasteiger partial charge on any atom is 0.0966 e. The van der Waals surface area contributed by atoms with Crippen LogP contribution >= 0.6 is 0 Å². The largest absolute Gasteiger partial charge is 0.309 e. The Bertz CT molecular complexity index is 4350. The van der Waals surface area contributed by atoms with E-state index in [0.717, 1.165) is 55.6 Å². The summed E-state index contributed by atoms with van der Waals surface area (Å²) in [5.74, 6) is 0. The molecule has 2 heterocycles. The molecule has 0 saturated carbocycles. The van der Waals surface area contributed by atoms with E-state index in [1.54, 1.807) is 0 Å². The maximum atomic E-state index is 5.39. The van der Waals surface area contributed by atoms with Crippen molar-refractivity contribution in [3.63, 3.8) is 0 Å². The Balaban J connectivity index is 0.973. The van der Waals surface area contributed by atoms with Crippen LogP contribution in [0.2, 0.25) is 0 Å². The summed E-state index contributed by atoms with van der Waals surface area (Å²) < 4.78 is 0. The molecular formula is C69H43N3. The predicted octanol–water partition coefficient (Wildman–Crippen LogP) is 18.2. The van der Waals surface area contributed by atoms with Gasteiger partial charge in [0.2, 0.25) is 0 Å². The van der Waals surface area contributed by atoms with Crippen molar-refractivity contribution in [2.24, 2.45) is 0 Å². The Labute approximate surface area is 416 Å². The van der Waals surface area contributed by atoms with Crippen molar-refractivity contribution in [2.45, 2.75) is 5.41 Å². The zero-order valence-electron chi connectivity index (χ0n) is 39.3. The molecule has 0 fully saturated rings. The second-order valence-electron chi connectivity index (χ2n) is 19.4. The Hall–Kier alpha value is -9.44. The van der Waals surface area contributed by atoms with Gasteiger partial charge in [0.15, 0.2) is 0 Å². The topological polar surface area (TPSA) is 29.0 Å². The molecule has 11 aromatic carbocycles. The lowest BCUT2D eigenvalue weighted by Gasteiger charge is -2.31. The molecule has 0 saturated heterocycles. The van der Waals surface area contributed by atoms with Crippen LogP contribution in [0.1, 0.15) is 33.4 Å². The molecular weight excluding hydrogens is 871 g/mol. The first-order valence-corrected chi connectivity index (χ1v) is 24.7. The Morgan fingerprint density at radius 2 is 0.778 bits per heavy atom. The molecule has 0 atom stereocenters. The minimum Gasteiger partial charge on any atom is -0.309 e. The lowest BCUT2D eigenvalue weighted by Crippen LogP contribution is -2.26. The summed E-state index contributed by atoms with van der Waals surface area (Å²) in [4.78, 5) is 12.8. The third-order valence-electron chi connectivity index (χ3n) is 15.7. The molecule has 2 aliphatic carbocycles. The fraction of sp³-hybridized carbons (Fsp3) is 0.0145. The Morgan fingerprint density at radius 3 is 1.31 bits per heavy atom. The van der Waals surface area contributed by atoms with E-state index >= 15 is 0 Å². The van der Waals surface area contributed by atoms with Crippen LogP contribution in [0.4, 0.5) is 17.1 Å². The number of nitrogens with zero attached hydrogens (tertiary/aromatic N) is 3. The van der Waals surface area contributed by atoms with Gasteiger partial charge in [-0.3, -0.25) is 9.97 Å². The molecule has 0 unspecified atom stereocenters. The van der Waals surface area contributed by atoms with Gasteiger partial charge in [-0.05, 0) is 183 Å². The van der Waals surface area contributed by atoms with Gasteiger partial charge in [0.25, 0.3) is 0 Å². The van der Waals surface area contributed by atoms with E-state index in [0.29, 0.717) is 0 Å². The molecule has 2 aromatic heterocycles. The summed E-state index contributed by atoms with van der Waals surface area (Å²) in [7, 11) is 0. The van der Waals surface area contributed by atoms with Gasteiger partial charge < -0.3 is 4.90 Å². The molecule has 0 amide bonds. The van der Waals surface area contributed by atoms with Crippen molar-refractivity contribution >= 4 is 94.1 Å². The van der Waals surface area contributed by atoms with Crippen LogP contribution in [0.5, 0.6) is 0 Å². The zero-order valence-corrected chi connectivity index (χ0v) is 39.3. The van der Waals surface area contributed by atoms with Crippen molar-refractivity contribution in [1.82, 2.24) is 9.97 Å². The molecule has 334 valence electrons. The third-order valence-corrected chi connectivity index (χ3v) is 15.7. The molecule has 0 aliphatic heterocycles. The molecule has 1 spiro atoms. The lowest BCUT2D eigenvalue weighted by atomic mass is 9.69. The molecule has 3 nitrogen and oxygen atoms in total. The molecule has 0 bridgehead atoms. The van der Waals surface area contributed by atoms with Gasteiger partial charge in [-0.1, -0.05) is 159 Å². The predicted molar refractivity (Wildman–Crippen MR) is 304 cm³/mol. The van der Waals surface area contributed by atoms with E-state index < -0.39 is 5.41 Å². The minimum absolute atomic E-state index is 0.594. The standard InChI is InChI=1S/C69H43N3/c1-3-42-21-27-54(28-22-42)72(55-29-23-43(4-2)24-30-55)56-32-52-26-25-51-31-53(40-70-67(51)68(52)71-41-56)65-57-20-12-11-19-50(57)39-64-66(65)60-35-46-15-7-10-18-49(46)38-63(60)69(64)61-36-47-16-8-5-13-44(47)33-58(61)59-34-45-14-6-9-17-48(45)37-62(59)69/h3-41H,1-2H2. The van der Waals surface area contributed by atoms with E-state index in [2.05, 4.69) is 237 Å². The smallest absolute Gasteiger partial charge is 0.0966 e. The summed E-state index contributed by atoms with van der Waals surface area (Å²) >= 11 is 0. The number of hydrogen-bond donors (Lipinski definition) is 0. The van der Waals surface area contributed by atoms with Gasteiger partial charge in [0, 0.05) is 33.9 Å². The fourth-order valence-electron chi connectivity index (χ4n) is 12.4. The van der Waals surface area contributed by atoms with Gasteiger partial charge in [0.1, 0.15) is 0 Å².